The minimum Gasteiger partial charge on any atom is -0.506 e. The minimum atomic E-state index is -0.364. The first-order chi connectivity index (χ1) is 12.0. The van der Waals surface area contributed by atoms with Crippen molar-refractivity contribution < 1.29 is 19.4 Å². The highest BCUT2D eigenvalue weighted by molar-refractivity contribution is 5.90. The summed E-state index contributed by atoms with van der Waals surface area (Å²) in [6, 6.07) is 10.4. The SMILES string of the molecule is CCOc1ccc(CCNC(=O)Nc2ccc(C)cc2O)cc1OC. The number of aryl methyl sites for hydroxylation is 1. The molecule has 2 amide bonds. The van der Waals surface area contributed by atoms with Crippen molar-refractivity contribution in [3.8, 4) is 17.2 Å². The van der Waals surface area contributed by atoms with Crippen molar-refractivity contribution in [2.24, 2.45) is 0 Å². The van der Waals surface area contributed by atoms with E-state index in [2.05, 4.69) is 10.6 Å². The van der Waals surface area contributed by atoms with Crippen molar-refractivity contribution in [3.63, 3.8) is 0 Å². The van der Waals surface area contributed by atoms with E-state index >= 15 is 0 Å². The van der Waals surface area contributed by atoms with E-state index in [1.807, 2.05) is 38.1 Å². The monoisotopic (exact) mass is 344 g/mol. The van der Waals surface area contributed by atoms with E-state index in [1.165, 1.54) is 0 Å². The molecule has 0 aliphatic heterocycles. The van der Waals surface area contributed by atoms with Gasteiger partial charge in [0, 0.05) is 6.54 Å². The Bertz CT molecular complexity index is 731. The van der Waals surface area contributed by atoms with E-state index in [0.29, 0.717) is 36.8 Å². The van der Waals surface area contributed by atoms with Gasteiger partial charge in [-0.1, -0.05) is 12.1 Å². The number of ether oxygens (including phenoxy) is 2. The van der Waals surface area contributed by atoms with Crippen LogP contribution in [0.2, 0.25) is 0 Å². The lowest BCUT2D eigenvalue weighted by molar-refractivity contribution is 0.252. The molecule has 2 rings (SSSR count). The molecule has 0 fully saturated rings. The van der Waals surface area contributed by atoms with Crippen molar-refractivity contribution in [1.82, 2.24) is 5.32 Å². The Balaban J connectivity index is 1.86. The van der Waals surface area contributed by atoms with Gasteiger partial charge in [0.05, 0.1) is 19.4 Å². The summed E-state index contributed by atoms with van der Waals surface area (Å²) in [5, 5.41) is 15.2. The molecule has 0 aliphatic rings. The van der Waals surface area contributed by atoms with Gasteiger partial charge in [0.1, 0.15) is 5.75 Å². The van der Waals surface area contributed by atoms with Gasteiger partial charge in [0.15, 0.2) is 11.5 Å². The number of carbonyl (C=O) groups excluding carboxylic acids is 1. The molecular weight excluding hydrogens is 320 g/mol. The second-order valence-corrected chi connectivity index (χ2v) is 5.57. The predicted octanol–water partition coefficient (Wildman–Crippen LogP) is 3.47. The van der Waals surface area contributed by atoms with Crippen molar-refractivity contribution >= 4 is 11.7 Å². The van der Waals surface area contributed by atoms with Gasteiger partial charge in [0.2, 0.25) is 0 Å². The van der Waals surface area contributed by atoms with E-state index in [0.717, 1.165) is 11.1 Å². The molecule has 0 radical (unpaired) electrons. The summed E-state index contributed by atoms with van der Waals surface area (Å²) in [6.45, 7) is 4.81. The Labute approximate surface area is 147 Å². The zero-order valence-corrected chi connectivity index (χ0v) is 14.8. The summed E-state index contributed by atoms with van der Waals surface area (Å²) in [5.41, 5.74) is 2.33. The number of hydrogen-bond acceptors (Lipinski definition) is 4. The highest BCUT2D eigenvalue weighted by Crippen LogP contribution is 2.28. The molecule has 0 spiro atoms. The second-order valence-electron chi connectivity index (χ2n) is 5.57. The Morgan fingerprint density at radius 2 is 1.96 bits per heavy atom. The number of amides is 2. The first-order valence-electron chi connectivity index (χ1n) is 8.17. The van der Waals surface area contributed by atoms with Gasteiger partial charge in [-0.15, -0.1) is 0 Å². The molecule has 0 unspecified atom stereocenters. The van der Waals surface area contributed by atoms with Crippen LogP contribution in [0.1, 0.15) is 18.1 Å². The average Bonchev–Trinajstić information content (AvgIpc) is 2.59. The zero-order valence-electron chi connectivity index (χ0n) is 14.8. The number of anilines is 1. The fourth-order valence-corrected chi connectivity index (χ4v) is 2.38. The van der Waals surface area contributed by atoms with Crippen LogP contribution in [0.15, 0.2) is 36.4 Å². The van der Waals surface area contributed by atoms with E-state index < -0.39 is 0 Å². The van der Waals surface area contributed by atoms with Crippen molar-refractivity contribution in [1.29, 1.82) is 0 Å². The molecule has 2 aromatic carbocycles. The third-order valence-corrected chi connectivity index (χ3v) is 3.63. The smallest absolute Gasteiger partial charge is 0.319 e. The van der Waals surface area contributed by atoms with E-state index in [1.54, 1.807) is 19.2 Å². The van der Waals surface area contributed by atoms with Crippen LogP contribution < -0.4 is 20.1 Å². The number of phenolic OH excluding ortho intramolecular Hbond substituents is 1. The Hall–Kier alpha value is -2.89. The molecule has 6 nitrogen and oxygen atoms in total. The number of carbonyl (C=O) groups is 1. The second kappa shape index (κ2) is 8.82. The summed E-state index contributed by atoms with van der Waals surface area (Å²) < 4.78 is 10.8. The molecule has 6 heteroatoms. The fourth-order valence-electron chi connectivity index (χ4n) is 2.38. The number of aromatic hydroxyl groups is 1. The van der Waals surface area contributed by atoms with Gasteiger partial charge in [-0.05, 0) is 55.7 Å². The van der Waals surface area contributed by atoms with Crippen LogP contribution in [0, 0.1) is 6.92 Å². The van der Waals surface area contributed by atoms with Gasteiger partial charge in [-0.25, -0.2) is 4.79 Å². The molecule has 0 saturated carbocycles. The van der Waals surface area contributed by atoms with Crippen molar-refractivity contribution in [3.05, 3.63) is 47.5 Å². The summed E-state index contributed by atoms with van der Waals surface area (Å²) in [5.74, 6) is 1.43. The highest BCUT2D eigenvalue weighted by Gasteiger charge is 2.08. The van der Waals surface area contributed by atoms with Crippen LogP contribution in [0.5, 0.6) is 17.2 Å². The van der Waals surface area contributed by atoms with Gasteiger partial charge in [0.25, 0.3) is 0 Å². The van der Waals surface area contributed by atoms with Crippen LogP contribution in [-0.2, 0) is 6.42 Å². The van der Waals surface area contributed by atoms with E-state index in [-0.39, 0.29) is 11.8 Å². The topological polar surface area (TPSA) is 79.8 Å². The van der Waals surface area contributed by atoms with Crippen molar-refractivity contribution in [2.45, 2.75) is 20.3 Å². The first kappa shape index (κ1) is 18.4. The van der Waals surface area contributed by atoms with Gasteiger partial charge < -0.3 is 25.2 Å². The number of nitrogens with one attached hydrogen (secondary N) is 2. The zero-order chi connectivity index (χ0) is 18.2. The molecule has 134 valence electrons. The largest absolute Gasteiger partial charge is 0.506 e. The molecule has 2 aromatic rings. The Kier molecular flexibility index (Phi) is 6.51. The quantitative estimate of drug-likeness (QED) is 0.672. The van der Waals surface area contributed by atoms with Crippen LogP contribution in [0.3, 0.4) is 0 Å². The molecular formula is C19H24N2O4. The third kappa shape index (κ3) is 5.31. The van der Waals surface area contributed by atoms with Crippen LogP contribution in [0.4, 0.5) is 10.5 Å². The lowest BCUT2D eigenvalue weighted by atomic mass is 10.1. The van der Waals surface area contributed by atoms with Crippen LogP contribution in [-0.4, -0.2) is 31.4 Å². The Morgan fingerprint density at radius 3 is 2.64 bits per heavy atom. The maximum Gasteiger partial charge on any atom is 0.319 e. The van der Waals surface area contributed by atoms with Gasteiger partial charge >= 0.3 is 6.03 Å². The molecule has 3 N–H and O–H groups in total. The predicted molar refractivity (Wildman–Crippen MR) is 97.7 cm³/mol. The number of phenols is 1. The molecule has 0 heterocycles. The van der Waals surface area contributed by atoms with Crippen LogP contribution in [0.25, 0.3) is 0 Å². The maximum atomic E-state index is 11.9. The lowest BCUT2D eigenvalue weighted by Crippen LogP contribution is -2.30. The average molecular weight is 344 g/mol. The number of hydrogen-bond donors (Lipinski definition) is 3. The Morgan fingerprint density at radius 1 is 1.16 bits per heavy atom. The lowest BCUT2D eigenvalue weighted by Gasteiger charge is -2.12. The first-order valence-corrected chi connectivity index (χ1v) is 8.17. The van der Waals surface area contributed by atoms with Gasteiger partial charge in [-0.2, -0.15) is 0 Å². The fraction of sp³-hybridized carbons (Fsp3) is 0.316. The summed E-state index contributed by atoms with van der Waals surface area (Å²) >= 11 is 0. The number of urea groups is 1. The third-order valence-electron chi connectivity index (χ3n) is 3.63. The normalized spacial score (nSPS) is 10.2. The molecule has 0 atom stereocenters. The van der Waals surface area contributed by atoms with E-state index in [4.69, 9.17) is 9.47 Å². The summed E-state index contributed by atoms with van der Waals surface area (Å²) in [7, 11) is 1.60. The standard InChI is InChI=1S/C19H24N2O4/c1-4-25-17-8-6-14(12-18(17)24-3)9-10-20-19(23)21-15-7-5-13(2)11-16(15)22/h5-8,11-12,22H,4,9-10H2,1-3H3,(H2,20,21,23). The van der Waals surface area contributed by atoms with E-state index in [9.17, 15) is 9.90 Å². The highest BCUT2D eigenvalue weighted by atomic mass is 16.5. The molecule has 0 aliphatic carbocycles. The maximum absolute atomic E-state index is 11.9. The number of benzene rings is 2. The molecule has 25 heavy (non-hydrogen) atoms. The van der Waals surface area contributed by atoms with Gasteiger partial charge in [-0.3, -0.25) is 0 Å². The number of methoxy groups -OCH3 is 1. The van der Waals surface area contributed by atoms with Crippen LogP contribution >= 0.6 is 0 Å². The number of rotatable bonds is 7. The summed E-state index contributed by atoms with van der Waals surface area (Å²) in [4.78, 5) is 11.9. The molecule has 0 saturated heterocycles. The molecule has 0 aromatic heterocycles. The minimum absolute atomic E-state index is 0.0476. The molecule has 0 bridgehead atoms. The summed E-state index contributed by atoms with van der Waals surface area (Å²) in [6.07, 6.45) is 0.649. The van der Waals surface area contributed by atoms with Crippen molar-refractivity contribution in [2.75, 3.05) is 25.6 Å².